The summed E-state index contributed by atoms with van der Waals surface area (Å²) in [5.41, 5.74) is 32.5. The third-order valence-corrected chi connectivity index (χ3v) is 25.0. The number of hydrogen-bond donors (Lipinski definition) is 0. The van der Waals surface area contributed by atoms with Gasteiger partial charge in [0.15, 0.2) is 17.5 Å². The summed E-state index contributed by atoms with van der Waals surface area (Å²) in [5.74, 6) is 1.52. The molecule has 0 atom stereocenters. The molecule has 0 amide bonds. The van der Waals surface area contributed by atoms with Crippen molar-refractivity contribution in [1.29, 1.82) is 0 Å². The van der Waals surface area contributed by atoms with E-state index in [4.69, 9.17) is 15.0 Å². The van der Waals surface area contributed by atoms with Crippen LogP contribution in [-0.4, -0.2) is 33.2 Å². The summed E-state index contributed by atoms with van der Waals surface area (Å²) in [7, 11) is 0. The summed E-state index contributed by atoms with van der Waals surface area (Å²) in [6.45, 7) is 0. The van der Waals surface area contributed by atoms with E-state index in [1.807, 2.05) is 0 Å². The number of benzene rings is 19. The van der Waals surface area contributed by atoms with E-state index in [1.54, 1.807) is 0 Å². The molecular weight excluding hydrogens is 1500 g/mol. The fourth-order valence-corrected chi connectivity index (χ4v) is 19.0. The minimum atomic E-state index is 0.498. The Bertz CT molecular complexity index is 7430. The van der Waals surface area contributed by atoms with E-state index in [1.165, 1.54) is 0 Å². The molecule has 0 spiro atoms. The van der Waals surface area contributed by atoms with Crippen molar-refractivity contribution in [1.82, 2.24) is 33.2 Å². The van der Waals surface area contributed by atoms with Gasteiger partial charge in [0.1, 0.15) is 0 Å². The van der Waals surface area contributed by atoms with Gasteiger partial charge in [0.2, 0.25) is 0 Å². The first-order valence-electron chi connectivity index (χ1n) is 42.4. The minimum absolute atomic E-state index is 0.498. The Morgan fingerprint density at radius 2 is 0.306 bits per heavy atom. The van der Waals surface area contributed by atoms with E-state index < -0.39 is 0 Å². The van der Waals surface area contributed by atoms with Crippen LogP contribution in [0.2, 0.25) is 0 Å². The molecule has 24 aromatic rings. The zero-order valence-corrected chi connectivity index (χ0v) is 67.4. The van der Waals surface area contributed by atoms with Crippen LogP contribution in [0.4, 0.5) is 0 Å². The zero-order chi connectivity index (χ0) is 81.7. The summed E-state index contributed by atoms with van der Waals surface area (Å²) < 4.78 is 9.96. The quantitative estimate of drug-likeness (QED) is 0.103. The van der Waals surface area contributed by atoms with Crippen LogP contribution >= 0.6 is 0 Å². The molecule has 0 saturated heterocycles. The van der Waals surface area contributed by atoms with Crippen molar-refractivity contribution in [3.05, 3.63) is 455 Å². The van der Waals surface area contributed by atoms with E-state index in [0.717, 1.165) is 216 Å². The first kappa shape index (κ1) is 71.5. The molecule has 0 aliphatic carbocycles. The lowest BCUT2D eigenvalue weighted by atomic mass is 10.0. The summed E-state index contributed by atoms with van der Waals surface area (Å²) in [4.78, 5) is 17.9. The monoisotopic (exact) mass is 1580 g/mol. The van der Waals surface area contributed by atoms with Crippen LogP contribution < -0.4 is 0 Å². The van der Waals surface area contributed by atoms with Gasteiger partial charge in [0.05, 0.1) is 55.5 Å². The van der Waals surface area contributed by atoms with E-state index in [-0.39, 0.29) is 0 Å². The average molecular weight is 1580 g/mol. The van der Waals surface area contributed by atoms with Crippen molar-refractivity contribution < 1.29 is 0 Å². The summed E-state index contributed by atoms with van der Waals surface area (Å²) >= 11 is 0. The Kier molecular flexibility index (Phi) is 17.1. The van der Waals surface area contributed by atoms with Crippen LogP contribution in [-0.2, 0) is 0 Å². The summed E-state index contributed by atoms with van der Waals surface area (Å²) in [6.07, 6.45) is 0. The third-order valence-electron chi connectivity index (χ3n) is 25.0. The molecule has 24 rings (SSSR count). The molecule has 124 heavy (non-hydrogen) atoms. The molecule has 5 heterocycles. The van der Waals surface area contributed by atoms with Crippen molar-refractivity contribution in [3.8, 4) is 146 Å². The molecule has 0 aliphatic heterocycles. The van der Waals surface area contributed by atoms with Gasteiger partial charge in [0, 0.05) is 71.2 Å². The lowest BCUT2D eigenvalue weighted by molar-refractivity contribution is 1.05. The molecule has 0 bridgehead atoms. The van der Waals surface area contributed by atoms with E-state index >= 15 is 0 Å². The Morgan fingerprint density at radius 3 is 0.508 bits per heavy atom. The van der Waals surface area contributed by atoms with Gasteiger partial charge in [0.25, 0.3) is 0 Å². The van der Waals surface area contributed by atoms with Crippen molar-refractivity contribution >= 4 is 87.2 Å². The fourth-order valence-electron chi connectivity index (χ4n) is 19.0. The predicted octanol–water partition coefficient (Wildman–Crippen LogP) is 30.6. The Morgan fingerprint density at radius 1 is 0.129 bits per heavy atom. The predicted molar refractivity (Wildman–Crippen MR) is 517 cm³/mol. The number of rotatable bonds is 15. The lowest BCUT2D eigenvalue weighted by Gasteiger charge is -2.20. The van der Waals surface area contributed by atoms with Crippen molar-refractivity contribution in [3.63, 3.8) is 0 Å². The molecule has 0 N–H and O–H groups in total. The highest BCUT2D eigenvalue weighted by Crippen LogP contribution is 2.47. The summed E-state index contributed by atoms with van der Waals surface area (Å²) in [6, 6.07) is 166. The molecule has 0 radical (unpaired) electrons. The second-order valence-corrected chi connectivity index (χ2v) is 32.2. The maximum atomic E-state index is 6.12. The average Bonchev–Trinajstić information content (AvgIpc) is 1.56. The Hall–Kier alpha value is -16.6. The molecule has 0 saturated carbocycles. The molecule has 7 nitrogen and oxygen atoms in total. The highest BCUT2D eigenvalue weighted by Gasteiger charge is 2.28. The molecule has 0 aliphatic rings. The largest absolute Gasteiger partial charge is 0.309 e. The minimum Gasteiger partial charge on any atom is -0.309 e. The van der Waals surface area contributed by atoms with E-state index in [0.29, 0.717) is 17.5 Å². The second kappa shape index (κ2) is 29.7. The van der Waals surface area contributed by atoms with Crippen LogP contribution in [0.3, 0.4) is 0 Å². The van der Waals surface area contributed by atoms with Gasteiger partial charge in [-0.3, -0.25) is 0 Å². The summed E-state index contributed by atoms with van der Waals surface area (Å²) in [5, 5.41) is 9.05. The maximum absolute atomic E-state index is 6.12. The molecule has 0 fully saturated rings. The van der Waals surface area contributed by atoms with Gasteiger partial charge in [-0.05, 0) is 174 Å². The molecular formula is C117H75N7. The van der Waals surface area contributed by atoms with Gasteiger partial charge in [-0.15, -0.1) is 0 Å². The first-order valence-corrected chi connectivity index (χ1v) is 42.4. The Labute approximate surface area is 716 Å². The van der Waals surface area contributed by atoms with Crippen LogP contribution in [0, 0.1) is 0 Å². The molecule has 5 aromatic heterocycles. The molecule has 7 heteroatoms. The first-order chi connectivity index (χ1) is 61.5. The third kappa shape index (κ3) is 12.3. The van der Waals surface area contributed by atoms with Gasteiger partial charge >= 0.3 is 0 Å². The second-order valence-electron chi connectivity index (χ2n) is 32.2. The number of hydrogen-bond acceptors (Lipinski definition) is 3. The van der Waals surface area contributed by atoms with Crippen molar-refractivity contribution in [2.75, 3.05) is 0 Å². The van der Waals surface area contributed by atoms with Crippen LogP contribution in [0.1, 0.15) is 0 Å². The standard InChI is InChI=1S/C117H75N7/c1-10-28-76(29-11-1)85-46-56-95-96-57-47-86(77-30-12-2-13-31-77)67-106(96)121(105(95)66-85)93-54-64-103(113(74-93)123-109-70-89(80-36-18-5-19-37-80)50-60-99(109)100-61-51-90(71-110(100)123)81-38-20-6-21-39-81)116-118-115(84-44-26-9-27-45-84)119-117(120-116)104-65-55-94(122-107-68-87(78-32-14-3-15-33-78)48-58-97(107)98-59-49-88(69-108(98)122)79-34-16-4-17-35-79)75-114(104)124-111-72-91(82-40-22-7-23-41-82)52-62-101(111)102-63-53-92(73-112(102)124)83-42-24-8-25-43-83/h1-75H. The molecule has 0 unspecified atom stereocenters. The van der Waals surface area contributed by atoms with Gasteiger partial charge in [-0.25, -0.2) is 15.0 Å². The van der Waals surface area contributed by atoms with Crippen molar-refractivity contribution in [2.45, 2.75) is 0 Å². The van der Waals surface area contributed by atoms with Gasteiger partial charge in [-0.2, -0.15) is 0 Å². The van der Waals surface area contributed by atoms with Crippen LogP contribution in [0.5, 0.6) is 0 Å². The highest BCUT2D eigenvalue weighted by molar-refractivity contribution is 6.16. The SMILES string of the molecule is c1ccc(-c2ccc3c4ccc(-c5ccccc5)cc4n(-c4ccc(-c5nc(-c6ccccc6)nc(-c6ccc(-n7c8cc(-c9ccccc9)ccc8c8ccc(-c9ccccc9)cc87)cc6-n6c7cc(-c8ccccc8)ccc7c7ccc(-c8ccccc8)cc76)n5)c(-n5c6cc(-c7ccccc7)ccc6c6ccc(-c7ccccc7)cc65)c4)c3c2)cc1. The zero-order valence-electron chi connectivity index (χ0n) is 67.4. The van der Waals surface area contributed by atoms with Crippen LogP contribution in [0.25, 0.3) is 233 Å². The van der Waals surface area contributed by atoms with Gasteiger partial charge < -0.3 is 18.3 Å². The number of aromatic nitrogens is 7. The number of fused-ring (bicyclic) bond motifs is 12. The topological polar surface area (TPSA) is 58.4 Å². The molecule has 578 valence electrons. The normalized spacial score (nSPS) is 11.7. The van der Waals surface area contributed by atoms with E-state index in [9.17, 15) is 0 Å². The van der Waals surface area contributed by atoms with Crippen molar-refractivity contribution in [2.24, 2.45) is 0 Å². The maximum Gasteiger partial charge on any atom is 0.166 e. The number of nitrogens with zero attached hydrogens (tertiary/aromatic N) is 7. The smallest absolute Gasteiger partial charge is 0.166 e. The molecule has 19 aromatic carbocycles. The Balaban J connectivity index is 0.827. The fraction of sp³-hybridized carbons (Fsp3) is 0. The van der Waals surface area contributed by atoms with Crippen LogP contribution in [0.15, 0.2) is 455 Å². The lowest BCUT2D eigenvalue weighted by Crippen LogP contribution is -2.07. The van der Waals surface area contributed by atoms with Gasteiger partial charge in [-0.1, -0.05) is 370 Å². The van der Waals surface area contributed by atoms with E-state index in [2.05, 4.69) is 473 Å². The highest BCUT2D eigenvalue weighted by atomic mass is 15.1.